The van der Waals surface area contributed by atoms with Crippen molar-refractivity contribution in [2.75, 3.05) is 39.9 Å². The lowest BCUT2D eigenvalue weighted by molar-refractivity contribution is 0.125. The van der Waals surface area contributed by atoms with Crippen molar-refractivity contribution in [3.8, 4) is 0 Å². The molecule has 0 aromatic heterocycles. The molecular weight excluding hydrogens is 200 g/mol. The number of hydrogen-bond acceptors (Lipinski definition) is 3. The van der Waals surface area contributed by atoms with Crippen molar-refractivity contribution in [1.82, 2.24) is 10.2 Å². The Morgan fingerprint density at radius 3 is 2.81 bits per heavy atom. The second-order valence-corrected chi connectivity index (χ2v) is 5.12. The van der Waals surface area contributed by atoms with Crippen LogP contribution < -0.4 is 5.32 Å². The summed E-state index contributed by atoms with van der Waals surface area (Å²) in [6.07, 6.45) is 3.88. The first kappa shape index (κ1) is 13.9. The van der Waals surface area contributed by atoms with E-state index in [9.17, 15) is 0 Å². The summed E-state index contributed by atoms with van der Waals surface area (Å²) < 4.78 is 5.02. The highest BCUT2D eigenvalue weighted by atomic mass is 16.5. The molecule has 2 atom stereocenters. The molecule has 2 unspecified atom stereocenters. The van der Waals surface area contributed by atoms with Crippen molar-refractivity contribution in [3.63, 3.8) is 0 Å². The van der Waals surface area contributed by atoms with E-state index >= 15 is 0 Å². The molecule has 0 spiro atoms. The number of likely N-dealkylation sites (tertiary alicyclic amines) is 1. The Balaban J connectivity index is 2.02. The number of ether oxygens (including phenoxy) is 1. The minimum absolute atomic E-state index is 0.775. The molecule has 3 nitrogen and oxygen atoms in total. The highest BCUT2D eigenvalue weighted by Gasteiger charge is 2.21. The predicted octanol–water partition coefficient (Wildman–Crippen LogP) is 1.73. The molecule has 3 heteroatoms. The molecule has 0 amide bonds. The van der Waals surface area contributed by atoms with Gasteiger partial charge >= 0.3 is 0 Å². The van der Waals surface area contributed by atoms with Gasteiger partial charge in [0.25, 0.3) is 0 Å². The molecule has 0 radical (unpaired) electrons. The van der Waals surface area contributed by atoms with Crippen molar-refractivity contribution in [2.45, 2.75) is 39.2 Å². The highest BCUT2D eigenvalue weighted by Crippen LogP contribution is 2.20. The molecule has 1 heterocycles. The lowest BCUT2D eigenvalue weighted by Crippen LogP contribution is -2.44. The van der Waals surface area contributed by atoms with E-state index < -0.39 is 0 Å². The summed E-state index contributed by atoms with van der Waals surface area (Å²) in [5, 5.41) is 3.48. The Morgan fingerprint density at radius 1 is 1.25 bits per heavy atom. The van der Waals surface area contributed by atoms with Gasteiger partial charge in [-0.1, -0.05) is 6.92 Å². The normalized spacial score (nSPS) is 27.2. The number of nitrogens with one attached hydrogen (secondary N) is 1. The summed E-state index contributed by atoms with van der Waals surface area (Å²) in [5.74, 6) is 0.879. The summed E-state index contributed by atoms with van der Waals surface area (Å²) in [5.41, 5.74) is 0. The molecular formula is C13H28N2O. The van der Waals surface area contributed by atoms with Crippen LogP contribution in [0.4, 0.5) is 0 Å². The van der Waals surface area contributed by atoms with Gasteiger partial charge in [-0.3, -0.25) is 4.90 Å². The first-order valence-corrected chi connectivity index (χ1v) is 6.67. The Labute approximate surface area is 101 Å². The third-order valence-electron chi connectivity index (χ3n) is 3.52. The molecule has 96 valence electrons. The maximum Gasteiger partial charge on any atom is 0.0474 e. The van der Waals surface area contributed by atoms with Gasteiger partial charge in [-0.2, -0.15) is 0 Å². The molecule has 0 bridgehead atoms. The molecule has 1 rings (SSSR count). The average molecular weight is 228 g/mol. The number of rotatable bonds is 7. The SMILES string of the molecule is COCCCNCCN1CC(C)CCC1C. The van der Waals surface area contributed by atoms with Gasteiger partial charge in [0, 0.05) is 39.4 Å². The first-order chi connectivity index (χ1) is 7.74. The van der Waals surface area contributed by atoms with Crippen molar-refractivity contribution >= 4 is 0 Å². The van der Waals surface area contributed by atoms with Crippen LogP contribution in [-0.2, 0) is 4.74 Å². The van der Waals surface area contributed by atoms with Crippen molar-refractivity contribution in [2.24, 2.45) is 5.92 Å². The van der Waals surface area contributed by atoms with Gasteiger partial charge in [-0.05, 0) is 38.6 Å². The molecule has 1 aliphatic heterocycles. The van der Waals surface area contributed by atoms with E-state index in [4.69, 9.17) is 4.74 Å². The Hall–Kier alpha value is -0.120. The minimum Gasteiger partial charge on any atom is -0.385 e. The van der Waals surface area contributed by atoms with Gasteiger partial charge in [0.05, 0.1) is 0 Å². The topological polar surface area (TPSA) is 24.5 Å². The van der Waals surface area contributed by atoms with Gasteiger partial charge < -0.3 is 10.1 Å². The molecule has 0 aliphatic carbocycles. The van der Waals surface area contributed by atoms with Crippen LogP contribution in [-0.4, -0.2) is 50.8 Å². The number of methoxy groups -OCH3 is 1. The zero-order valence-electron chi connectivity index (χ0n) is 11.2. The van der Waals surface area contributed by atoms with E-state index in [1.165, 1.54) is 25.9 Å². The minimum atomic E-state index is 0.775. The summed E-state index contributed by atoms with van der Waals surface area (Å²) in [4.78, 5) is 2.62. The number of hydrogen-bond donors (Lipinski definition) is 1. The molecule has 0 saturated carbocycles. The number of nitrogens with zero attached hydrogens (tertiary/aromatic N) is 1. The maximum atomic E-state index is 5.02. The van der Waals surface area contributed by atoms with Crippen LogP contribution in [0.25, 0.3) is 0 Å². The van der Waals surface area contributed by atoms with E-state index in [1.807, 2.05) is 0 Å². The molecule has 0 aromatic rings. The van der Waals surface area contributed by atoms with E-state index in [0.29, 0.717) is 0 Å². The quantitative estimate of drug-likeness (QED) is 0.672. The summed E-state index contributed by atoms with van der Waals surface area (Å²) in [6, 6.07) is 0.775. The van der Waals surface area contributed by atoms with Gasteiger partial charge in [0.2, 0.25) is 0 Å². The zero-order chi connectivity index (χ0) is 11.8. The zero-order valence-corrected chi connectivity index (χ0v) is 11.2. The van der Waals surface area contributed by atoms with Crippen molar-refractivity contribution < 1.29 is 4.74 Å². The van der Waals surface area contributed by atoms with Crippen LogP contribution in [0.2, 0.25) is 0 Å². The van der Waals surface area contributed by atoms with E-state index in [0.717, 1.165) is 38.1 Å². The molecule has 1 N–H and O–H groups in total. The van der Waals surface area contributed by atoms with Crippen LogP contribution >= 0.6 is 0 Å². The highest BCUT2D eigenvalue weighted by molar-refractivity contribution is 4.77. The molecule has 1 saturated heterocycles. The Kier molecular flexibility index (Phi) is 7.01. The van der Waals surface area contributed by atoms with Gasteiger partial charge in [0.1, 0.15) is 0 Å². The molecule has 1 aliphatic rings. The van der Waals surface area contributed by atoms with Crippen LogP contribution in [0.1, 0.15) is 33.1 Å². The van der Waals surface area contributed by atoms with Crippen LogP contribution in [0.5, 0.6) is 0 Å². The van der Waals surface area contributed by atoms with Gasteiger partial charge in [-0.15, -0.1) is 0 Å². The molecule has 16 heavy (non-hydrogen) atoms. The number of piperidine rings is 1. The summed E-state index contributed by atoms with van der Waals surface area (Å²) in [6.45, 7) is 10.2. The van der Waals surface area contributed by atoms with Crippen LogP contribution in [0.3, 0.4) is 0 Å². The lowest BCUT2D eigenvalue weighted by Gasteiger charge is -2.36. The van der Waals surface area contributed by atoms with Crippen molar-refractivity contribution in [3.05, 3.63) is 0 Å². The summed E-state index contributed by atoms with van der Waals surface area (Å²) >= 11 is 0. The standard InChI is InChI=1S/C13H28N2O/c1-12-5-6-13(2)15(11-12)9-8-14-7-4-10-16-3/h12-14H,4-11H2,1-3H3. The van der Waals surface area contributed by atoms with Crippen LogP contribution in [0, 0.1) is 5.92 Å². The third-order valence-corrected chi connectivity index (χ3v) is 3.52. The molecule has 1 fully saturated rings. The maximum absolute atomic E-state index is 5.02. The Bertz CT molecular complexity index is 175. The fraction of sp³-hybridized carbons (Fsp3) is 1.00. The van der Waals surface area contributed by atoms with E-state index in [2.05, 4.69) is 24.1 Å². The van der Waals surface area contributed by atoms with Gasteiger partial charge in [0.15, 0.2) is 0 Å². The third kappa shape index (κ3) is 5.28. The monoisotopic (exact) mass is 228 g/mol. The van der Waals surface area contributed by atoms with Crippen LogP contribution in [0.15, 0.2) is 0 Å². The largest absolute Gasteiger partial charge is 0.385 e. The Morgan fingerprint density at radius 2 is 2.06 bits per heavy atom. The fourth-order valence-electron chi connectivity index (χ4n) is 2.38. The second-order valence-electron chi connectivity index (χ2n) is 5.12. The van der Waals surface area contributed by atoms with E-state index in [1.54, 1.807) is 7.11 Å². The van der Waals surface area contributed by atoms with Crippen molar-refractivity contribution in [1.29, 1.82) is 0 Å². The predicted molar refractivity (Wildman–Crippen MR) is 68.8 cm³/mol. The fourth-order valence-corrected chi connectivity index (χ4v) is 2.38. The first-order valence-electron chi connectivity index (χ1n) is 6.67. The second kappa shape index (κ2) is 8.04. The van der Waals surface area contributed by atoms with Gasteiger partial charge in [-0.25, -0.2) is 0 Å². The average Bonchev–Trinajstić information content (AvgIpc) is 2.28. The van der Waals surface area contributed by atoms with E-state index in [-0.39, 0.29) is 0 Å². The summed E-state index contributed by atoms with van der Waals surface area (Å²) in [7, 11) is 1.76. The molecule has 0 aromatic carbocycles. The lowest BCUT2D eigenvalue weighted by atomic mass is 9.95. The smallest absolute Gasteiger partial charge is 0.0474 e.